The van der Waals surface area contributed by atoms with E-state index in [-0.39, 0.29) is 6.61 Å². The predicted molar refractivity (Wildman–Crippen MR) is 52.0 cm³/mol. The molecule has 2 aromatic rings. The van der Waals surface area contributed by atoms with Gasteiger partial charge in [-0.15, -0.1) is 0 Å². The van der Waals surface area contributed by atoms with Crippen LogP contribution in [0.25, 0.3) is 10.9 Å². The topological polar surface area (TPSA) is 22.1 Å². The van der Waals surface area contributed by atoms with Crippen LogP contribution in [0.3, 0.4) is 0 Å². The fourth-order valence-electron chi connectivity index (χ4n) is 1.21. The van der Waals surface area contributed by atoms with Crippen LogP contribution in [0.5, 0.6) is 5.75 Å². The summed E-state index contributed by atoms with van der Waals surface area (Å²) in [5.74, 6) is 0.536. The molecular weight excluding hydrogens is 181 g/mol. The number of halogens is 1. The minimum atomic E-state index is -0.492. The first kappa shape index (κ1) is 8.94. The van der Waals surface area contributed by atoms with Crippen molar-refractivity contribution < 1.29 is 9.13 Å². The van der Waals surface area contributed by atoms with Crippen LogP contribution in [0.2, 0.25) is 0 Å². The highest BCUT2D eigenvalue weighted by Gasteiger charge is 1.97. The number of fused-ring (bicyclic) bond motifs is 1. The smallest absolute Gasteiger partial charge is 0.129 e. The monoisotopic (exact) mass is 190 g/mol. The number of alkyl halides is 1. The van der Waals surface area contributed by atoms with Gasteiger partial charge in [-0.1, -0.05) is 6.07 Å². The molecule has 3 heteroatoms. The van der Waals surface area contributed by atoms with E-state index in [1.54, 1.807) is 12.3 Å². The first-order valence-corrected chi connectivity index (χ1v) is 4.36. The highest BCUT2D eigenvalue weighted by atomic mass is 19.1. The fraction of sp³-hybridized carbons (Fsp3) is 0.182. The number of ether oxygens (including phenoxy) is 1. The van der Waals surface area contributed by atoms with E-state index >= 15 is 0 Å². The van der Waals surface area contributed by atoms with Crippen molar-refractivity contribution in [1.29, 1.82) is 0 Å². The maximum Gasteiger partial charge on any atom is 0.129 e. The van der Waals surface area contributed by atoms with E-state index < -0.39 is 6.67 Å². The summed E-state index contributed by atoms with van der Waals surface area (Å²) in [4.78, 5) is 4.12. The Kier molecular flexibility index (Phi) is 2.58. The van der Waals surface area contributed by atoms with Gasteiger partial charge in [-0.25, -0.2) is 4.39 Å². The van der Waals surface area contributed by atoms with Crippen molar-refractivity contribution in [2.24, 2.45) is 0 Å². The minimum absolute atomic E-state index is 0.0643. The second kappa shape index (κ2) is 4.05. The first-order chi connectivity index (χ1) is 6.90. The van der Waals surface area contributed by atoms with Crippen LogP contribution in [0.4, 0.5) is 4.39 Å². The number of aromatic nitrogens is 1. The van der Waals surface area contributed by atoms with Crippen molar-refractivity contribution in [3.63, 3.8) is 0 Å². The average Bonchev–Trinajstić information content (AvgIpc) is 2.26. The molecule has 0 fully saturated rings. The van der Waals surface area contributed by atoms with Gasteiger partial charge in [-0.05, 0) is 18.2 Å². The van der Waals surface area contributed by atoms with Crippen LogP contribution >= 0.6 is 0 Å². The Hall–Kier alpha value is -1.64. The number of rotatable bonds is 3. The molecule has 0 amide bonds. The lowest BCUT2D eigenvalue weighted by Crippen LogP contribution is -1.98. The largest absolute Gasteiger partial charge is 0.490 e. The zero-order valence-corrected chi connectivity index (χ0v) is 7.53. The van der Waals surface area contributed by atoms with E-state index in [2.05, 4.69) is 11.1 Å². The van der Waals surface area contributed by atoms with Gasteiger partial charge in [-0.2, -0.15) is 0 Å². The lowest BCUT2D eigenvalue weighted by molar-refractivity contribution is 0.273. The Labute approximate surface area is 81.3 Å². The molecule has 2 nitrogen and oxygen atoms in total. The standard InChI is InChI=1S/C11H9FNO/c12-5-7-14-10-4-3-9-2-1-6-13-11(9)8-10/h1-4,6H,5,7H2. The molecule has 0 unspecified atom stereocenters. The van der Waals surface area contributed by atoms with Crippen LogP contribution < -0.4 is 4.74 Å². The van der Waals surface area contributed by atoms with Gasteiger partial charge in [0, 0.05) is 11.6 Å². The maximum absolute atomic E-state index is 11.8. The normalized spacial score (nSPS) is 10.4. The van der Waals surface area contributed by atoms with E-state index in [1.165, 1.54) is 0 Å². The molecule has 0 saturated heterocycles. The number of pyridine rings is 1. The first-order valence-electron chi connectivity index (χ1n) is 4.36. The van der Waals surface area contributed by atoms with Crippen molar-refractivity contribution in [1.82, 2.24) is 4.98 Å². The molecule has 1 radical (unpaired) electrons. The molecule has 1 aromatic carbocycles. The molecule has 0 aliphatic carbocycles. The maximum atomic E-state index is 11.8. The Bertz CT molecular complexity index is 430. The number of benzene rings is 1. The zero-order chi connectivity index (χ0) is 9.80. The number of hydrogen-bond donors (Lipinski definition) is 0. The van der Waals surface area contributed by atoms with E-state index in [9.17, 15) is 4.39 Å². The number of nitrogens with zero attached hydrogens (tertiary/aromatic N) is 1. The van der Waals surface area contributed by atoms with Gasteiger partial charge >= 0.3 is 0 Å². The van der Waals surface area contributed by atoms with E-state index in [4.69, 9.17) is 4.74 Å². The van der Waals surface area contributed by atoms with E-state index in [0.29, 0.717) is 5.75 Å². The van der Waals surface area contributed by atoms with Gasteiger partial charge in [-0.3, -0.25) is 4.98 Å². The third-order valence-corrected chi connectivity index (χ3v) is 1.83. The van der Waals surface area contributed by atoms with E-state index in [1.807, 2.05) is 18.2 Å². The molecule has 0 N–H and O–H groups in total. The summed E-state index contributed by atoms with van der Waals surface area (Å²) in [6, 6.07) is 10.4. The Balaban J connectivity index is 2.32. The van der Waals surface area contributed by atoms with Gasteiger partial charge < -0.3 is 4.74 Å². The van der Waals surface area contributed by atoms with Gasteiger partial charge in [0.15, 0.2) is 0 Å². The quantitative estimate of drug-likeness (QED) is 0.741. The summed E-state index contributed by atoms with van der Waals surface area (Å²) in [6.07, 6.45) is 1.69. The molecule has 0 aliphatic rings. The number of hydrogen-bond acceptors (Lipinski definition) is 2. The van der Waals surface area contributed by atoms with Crippen molar-refractivity contribution in [3.05, 3.63) is 36.5 Å². The third-order valence-electron chi connectivity index (χ3n) is 1.83. The van der Waals surface area contributed by atoms with Crippen LogP contribution in [-0.2, 0) is 0 Å². The molecular formula is C11H9FNO. The highest BCUT2D eigenvalue weighted by Crippen LogP contribution is 2.17. The second-order valence-electron chi connectivity index (χ2n) is 2.80. The summed E-state index contributed by atoms with van der Waals surface area (Å²) >= 11 is 0. The Morgan fingerprint density at radius 2 is 2.29 bits per heavy atom. The summed E-state index contributed by atoms with van der Waals surface area (Å²) in [7, 11) is 0. The second-order valence-corrected chi connectivity index (χ2v) is 2.80. The molecule has 1 heterocycles. The van der Waals surface area contributed by atoms with Crippen molar-refractivity contribution in [2.75, 3.05) is 13.3 Å². The van der Waals surface area contributed by atoms with Crippen LogP contribution in [0.15, 0.2) is 30.5 Å². The van der Waals surface area contributed by atoms with Crippen molar-refractivity contribution in [2.45, 2.75) is 0 Å². The lowest BCUT2D eigenvalue weighted by atomic mass is 10.2. The minimum Gasteiger partial charge on any atom is -0.490 e. The summed E-state index contributed by atoms with van der Waals surface area (Å²) < 4.78 is 16.9. The third kappa shape index (κ3) is 1.82. The molecule has 0 atom stereocenters. The molecule has 0 bridgehead atoms. The molecule has 0 spiro atoms. The summed E-state index contributed by atoms with van der Waals surface area (Å²) in [5.41, 5.74) is 0.740. The summed E-state index contributed by atoms with van der Waals surface area (Å²) in [6.45, 7) is -0.428. The molecule has 2 rings (SSSR count). The average molecular weight is 190 g/mol. The highest BCUT2D eigenvalue weighted by molar-refractivity contribution is 5.78. The molecule has 71 valence electrons. The zero-order valence-electron chi connectivity index (χ0n) is 7.53. The molecule has 0 aliphatic heterocycles. The van der Waals surface area contributed by atoms with Gasteiger partial charge in [0.05, 0.1) is 11.6 Å². The van der Waals surface area contributed by atoms with Crippen LogP contribution in [0.1, 0.15) is 0 Å². The summed E-state index contributed by atoms with van der Waals surface area (Å²) in [5, 5.41) is 1.00. The van der Waals surface area contributed by atoms with Crippen molar-refractivity contribution in [3.8, 4) is 5.75 Å². The lowest BCUT2D eigenvalue weighted by Gasteiger charge is -2.03. The molecule has 1 aromatic heterocycles. The molecule has 0 saturated carbocycles. The molecule has 14 heavy (non-hydrogen) atoms. The SMILES string of the molecule is FCCOc1[c]c2ncccc2cc1. The van der Waals surface area contributed by atoms with Gasteiger partial charge in [0.2, 0.25) is 0 Å². The van der Waals surface area contributed by atoms with Crippen LogP contribution in [0, 0.1) is 6.07 Å². The Morgan fingerprint density at radius 3 is 3.14 bits per heavy atom. The fourth-order valence-corrected chi connectivity index (χ4v) is 1.21. The predicted octanol–water partition coefficient (Wildman–Crippen LogP) is 2.38. The van der Waals surface area contributed by atoms with Gasteiger partial charge in [0.25, 0.3) is 0 Å². The van der Waals surface area contributed by atoms with Gasteiger partial charge in [0.1, 0.15) is 19.0 Å². The van der Waals surface area contributed by atoms with Crippen molar-refractivity contribution >= 4 is 10.9 Å². The van der Waals surface area contributed by atoms with E-state index in [0.717, 1.165) is 10.9 Å². The van der Waals surface area contributed by atoms with Crippen LogP contribution in [-0.4, -0.2) is 18.3 Å². The Morgan fingerprint density at radius 1 is 1.36 bits per heavy atom.